The van der Waals surface area contributed by atoms with Crippen molar-refractivity contribution < 1.29 is 22.7 Å². The molecule has 0 unspecified atom stereocenters. The van der Waals surface area contributed by atoms with Gasteiger partial charge >= 0.3 is 0 Å². The van der Waals surface area contributed by atoms with Crippen LogP contribution in [0.4, 0.5) is 11.4 Å². The van der Waals surface area contributed by atoms with E-state index in [2.05, 4.69) is 14.9 Å². The molecule has 4 heterocycles. The number of aromatic nitrogens is 2. The van der Waals surface area contributed by atoms with Crippen molar-refractivity contribution in [3.63, 3.8) is 0 Å². The van der Waals surface area contributed by atoms with Crippen molar-refractivity contribution in [2.75, 3.05) is 38.2 Å². The number of hydrogen-bond donors (Lipinski definition) is 1. The van der Waals surface area contributed by atoms with Gasteiger partial charge in [0.15, 0.2) is 11.4 Å². The summed E-state index contributed by atoms with van der Waals surface area (Å²) in [5.41, 5.74) is 4.09. The van der Waals surface area contributed by atoms with Crippen LogP contribution in [0.2, 0.25) is 0 Å². The summed E-state index contributed by atoms with van der Waals surface area (Å²) in [5, 5.41) is 4.90. The lowest BCUT2D eigenvalue weighted by atomic mass is 10.1. The van der Waals surface area contributed by atoms with Gasteiger partial charge in [0.05, 0.1) is 35.2 Å². The number of benzene rings is 2. The number of fused-ring (bicyclic) bond motifs is 1. The Kier molecular flexibility index (Phi) is 7.48. The third-order valence-electron chi connectivity index (χ3n) is 6.69. The van der Waals surface area contributed by atoms with Crippen LogP contribution in [0.25, 0.3) is 11.3 Å². The first-order valence-electron chi connectivity index (χ1n) is 12.9. The molecule has 0 bridgehead atoms. The number of carbonyl (C=O) groups excluding carboxylic acids is 1. The number of nitrogens with zero attached hydrogens (tertiary/aromatic N) is 4. The molecule has 1 saturated heterocycles. The predicted molar refractivity (Wildman–Crippen MR) is 151 cm³/mol. The van der Waals surface area contributed by atoms with Gasteiger partial charge in [-0.3, -0.25) is 9.78 Å². The molecular weight excluding hydrogens is 550 g/mol. The standard InChI is InChI=1S/C28H27N5O5S2/c34-27-18-38-26-9-4-20(17-24(26)31-27)25-19-39-28(33(25)12-10-21-3-1-2-11-29-21)30-22-5-7-23(8-6-22)40(35,36)32-13-15-37-16-14-32/h1-9,11,17,19H,10,12-16,18H2,(H,31,34). The molecule has 4 aromatic rings. The quantitative estimate of drug-likeness (QED) is 0.360. The molecular formula is C28H27N5O5S2. The van der Waals surface area contributed by atoms with Crippen LogP contribution in [0.15, 0.2) is 82.1 Å². The minimum atomic E-state index is -3.58. The number of aryl methyl sites for hydroxylation is 1. The zero-order valence-electron chi connectivity index (χ0n) is 21.5. The maximum atomic E-state index is 13.0. The Morgan fingerprint density at radius 2 is 1.88 bits per heavy atom. The van der Waals surface area contributed by atoms with Gasteiger partial charge in [-0.05, 0) is 54.6 Å². The predicted octanol–water partition coefficient (Wildman–Crippen LogP) is 3.44. The first kappa shape index (κ1) is 26.4. The lowest BCUT2D eigenvalue weighted by Gasteiger charge is -2.26. The van der Waals surface area contributed by atoms with E-state index in [1.165, 1.54) is 15.6 Å². The van der Waals surface area contributed by atoms with E-state index in [1.807, 2.05) is 41.8 Å². The van der Waals surface area contributed by atoms with E-state index < -0.39 is 10.0 Å². The normalized spacial score (nSPS) is 16.3. The third-order valence-corrected chi connectivity index (χ3v) is 9.47. The van der Waals surface area contributed by atoms with E-state index in [-0.39, 0.29) is 17.4 Å². The second-order valence-electron chi connectivity index (χ2n) is 9.30. The number of rotatable bonds is 7. The van der Waals surface area contributed by atoms with Crippen molar-refractivity contribution in [1.29, 1.82) is 0 Å². The zero-order chi connectivity index (χ0) is 27.5. The SMILES string of the molecule is O=C1COc2ccc(-c3csc(=Nc4ccc(S(=O)(=O)N5CCOCC5)cc4)n3CCc3ccccn3)cc2N1. The molecule has 1 N–H and O–H groups in total. The Labute approximate surface area is 235 Å². The molecule has 0 radical (unpaired) electrons. The van der Waals surface area contributed by atoms with Gasteiger partial charge in [0, 0.05) is 48.9 Å². The van der Waals surface area contributed by atoms with Crippen LogP contribution in [-0.2, 0) is 32.5 Å². The molecule has 0 atom stereocenters. The molecule has 40 heavy (non-hydrogen) atoms. The summed E-state index contributed by atoms with van der Waals surface area (Å²) in [4.78, 5) is 22.2. The number of amides is 1. The molecule has 6 rings (SSSR count). The van der Waals surface area contributed by atoms with Crippen LogP contribution in [0.1, 0.15) is 5.69 Å². The molecule has 0 aliphatic carbocycles. The molecule has 206 valence electrons. The van der Waals surface area contributed by atoms with E-state index in [9.17, 15) is 13.2 Å². The number of morpholine rings is 1. The van der Waals surface area contributed by atoms with Crippen LogP contribution in [0.5, 0.6) is 5.75 Å². The summed E-state index contributed by atoms with van der Waals surface area (Å²) in [6, 6.07) is 18.2. The number of ether oxygens (including phenoxy) is 2. The van der Waals surface area contributed by atoms with Gasteiger partial charge in [-0.25, -0.2) is 13.4 Å². The molecule has 1 amide bonds. The summed E-state index contributed by atoms with van der Waals surface area (Å²) < 4.78 is 40.4. The summed E-state index contributed by atoms with van der Waals surface area (Å²) in [6.45, 7) is 2.12. The lowest BCUT2D eigenvalue weighted by molar-refractivity contribution is -0.118. The number of sulfonamides is 1. The maximum Gasteiger partial charge on any atom is 0.262 e. The van der Waals surface area contributed by atoms with E-state index >= 15 is 0 Å². The fourth-order valence-corrected chi connectivity index (χ4v) is 6.98. The molecule has 2 aliphatic rings. The van der Waals surface area contributed by atoms with Crippen molar-refractivity contribution in [3.05, 3.63) is 82.7 Å². The number of nitrogens with one attached hydrogen (secondary N) is 1. The highest BCUT2D eigenvalue weighted by molar-refractivity contribution is 7.89. The molecule has 2 aromatic heterocycles. The average molecular weight is 578 g/mol. The van der Waals surface area contributed by atoms with Crippen LogP contribution < -0.4 is 14.9 Å². The van der Waals surface area contributed by atoms with Gasteiger partial charge in [-0.15, -0.1) is 11.3 Å². The van der Waals surface area contributed by atoms with Gasteiger partial charge < -0.3 is 19.4 Å². The number of hydrogen-bond acceptors (Lipinski definition) is 8. The van der Waals surface area contributed by atoms with Gasteiger partial charge in [-0.2, -0.15) is 4.31 Å². The molecule has 2 aromatic carbocycles. The molecule has 10 nitrogen and oxygen atoms in total. The third kappa shape index (κ3) is 5.56. The minimum Gasteiger partial charge on any atom is -0.482 e. The first-order valence-corrected chi connectivity index (χ1v) is 15.2. The monoisotopic (exact) mass is 577 g/mol. The second kappa shape index (κ2) is 11.3. The summed E-state index contributed by atoms with van der Waals surface area (Å²) in [6.07, 6.45) is 2.47. The van der Waals surface area contributed by atoms with E-state index in [4.69, 9.17) is 14.5 Å². The molecule has 0 saturated carbocycles. The van der Waals surface area contributed by atoms with Crippen LogP contribution in [-0.4, -0.2) is 61.1 Å². The van der Waals surface area contributed by atoms with Crippen molar-refractivity contribution in [1.82, 2.24) is 13.9 Å². The van der Waals surface area contributed by atoms with Crippen molar-refractivity contribution in [3.8, 4) is 17.0 Å². The van der Waals surface area contributed by atoms with Crippen LogP contribution in [0.3, 0.4) is 0 Å². The molecule has 1 fully saturated rings. The summed E-state index contributed by atoms with van der Waals surface area (Å²) in [7, 11) is -3.58. The Morgan fingerprint density at radius 3 is 2.65 bits per heavy atom. The minimum absolute atomic E-state index is 0.00440. The maximum absolute atomic E-state index is 13.0. The van der Waals surface area contributed by atoms with Gasteiger partial charge in [0.25, 0.3) is 5.91 Å². The Morgan fingerprint density at radius 1 is 1.05 bits per heavy atom. The van der Waals surface area contributed by atoms with Crippen molar-refractivity contribution in [2.45, 2.75) is 17.9 Å². The number of anilines is 1. The number of carbonyl (C=O) groups is 1. The smallest absolute Gasteiger partial charge is 0.262 e. The fourth-order valence-electron chi connectivity index (χ4n) is 4.62. The van der Waals surface area contributed by atoms with E-state index in [0.717, 1.165) is 21.8 Å². The molecule has 0 spiro atoms. The highest BCUT2D eigenvalue weighted by Gasteiger charge is 2.26. The summed E-state index contributed by atoms with van der Waals surface area (Å²) >= 11 is 1.49. The zero-order valence-corrected chi connectivity index (χ0v) is 23.2. The fraction of sp³-hybridized carbons (Fsp3) is 0.250. The Balaban J connectivity index is 1.34. The van der Waals surface area contributed by atoms with Gasteiger partial charge in [-0.1, -0.05) is 6.07 Å². The first-order chi connectivity index (χ1) is 19.5. The Bertz CT molecular complexity index is 1690. The topological polar surface area (TPSA) is 115 Å². The highest BCUT2D eigenvalue weighted by atomic mass is 32.2. The molecule has 2 aliphatic heterocycles. The largest absolute Gasteiger partial charge is 0.482 e. The molecule has 12 heteroatoms. The summed E-state index contributed by atoms with van der Waals surface area (Å²) in [5.74, 6) is 0.448. The second-order valence-corrected chi connectivity index (χ2v) is 12.1. The lowest BCUT2D eigenvalue weighted by Crippen LogP contribution is -2.40. The Hall–Kier alpha value is -3.84. The van der Waals surface area contributed by atoms with Crippen LogP contribution in [0, 0.1) is 0 Å². The van der Waals surface area contributed by atoms with Crippen molar-refractivity contribution in [2.24, 2.45) is 4.99 Å². The van der Waals surface area contributed by atoms with Crippen LogP contribution >= 0.6 is 11.3 Å². The number of thiazole rings is 1. The van der Waals surface area contributed by atoms with E-state index in [1.54, 1.807) is 30.5 Å². The average Bonchev–Trinajstić information content (AvgIpc) is 3.39. The van der Waals surface area contributed by atoms with Crippen molar-refractivity contribution >= 4 is 38.6 Å². The van der Waals surface area contributed by atoms with Gasteiger partial charge in [0.2, 0.25) is 10.0 Å². The highest BCUT2D eigenvalue weighted by Crippen LogP contribution is 2.33. The van der Waals surface area contributed by atoms with Gasteiger partial charge in [0.1, 0.15) is 5.75 Å². The number of pyridine rings is 1. The van der Waals surface area contributed by atoms with E-state index in [0.29, 0.717) is 56.4 Å².